The molecule has 1 heterocycles. The van der Waals surface area contributed by atoms with E-state index < -0.39 is 5.97 Å². The molecule has 6 nitrogen and oxygen atoms in total. The summed E-state index contributed by atoms with van der Waals surface area (Å²) < 4.78 is 4.77. The second kappa shape index (κ2) is 9.92. The quantitative estimate of drug-likeness (QED) is 0.426. The number of anilines is 2. The van der Waals surface area contributed by atoms with Crippen LogP contribution in [-0.2, 0) is 16.0 Å². The second-order valence-corrected chi connectivity index (χ2v) is 8.70. The predicted octanol–water partition coefficient (Wildman–Crippen LogP) is 4.72. The molecule has 0 spiro atoms. The highest BCUT2D eigenvalue weighted by atomic mass is 32.2. The molecule has 4 rings (SSSR count). The third-order valence-electron chi connectivity index (χ3n) is 5.58. The van der Waals surface area contributed by atoms with Crippen LogP contribution >= 0.6 is 11.8 Å². The molecule has 1 aliphatic heterocycles. The van der Waals surface area contributed by atoms with Crippen molar-refractivity contribution in [2.24, 2.45) is 0 Å². The monoisotopic (exact) mass is 460 g/mol. The molecular weight excluding hydrogens is 436 g/mol. The van der Waals surface area contributed by atoms with Crippen molar-refractivity contribution in [1.29, 1.82) is 0 Å². The van der Waals surface area contributed by atoms with Gasteiger partial charge in [-0.1, -0.05) is 36.4 Å². The Morgan fingerprint density at radius 2 is 1.79 bits per heavy atom. The van der Waals surface area contributed by atoms with Crippen LogP contribution in [0.25, 0.3) is 0 Å². The summed E-state index contributed by atoms with van der Waals surface area (Å²) >= 11 is 1.35. The third-order valence-corrected chi connectivity index (χ3v) is 6.64. The van der Waals surface area contributed by atoms with Gasteiger partial charge in [-0.15, -0.1) is 11.8 Å². The van der Waals surface area contributed by atoms with Crippen molar-refractivity contribution >= 4 is 40.9 Å². The lowest BCUT2D eigenvalue weighted by Gasteiger charge is -2.17. The smallest absolute Gasteiger partial charge is 0.337 e. The number of hydrogen-bond donors (Lipinski definition) is 1. The fourth-order valence-corrected chi connectivity index (χ4v) is 4.71. The van der Waals surface area contributed by atoms with Crippen molar-refractivity contribution in [3.63, 3.8) is 0 Å². The number of fused-ring (bicyclic) bond motifs is 1. The lowest BCUT2D eigenvalue weighted by atomic mass is 10.1. The third kappa shape index (κ3) is 4.93. The summed E-state index contributed by atoms with van der Waals surface area (Å²) in [5.41, 5.74) is 4.34. The molecule has 0 radical (unpaired) electrons. The number of hydrogen-bond acceptors (Lipinski definition) is 5. The number of para-hydroxylation sites is 1. The van der Waals surface area contributed by atoms with Gasteiger partial charge in [-0.3, -0.25) is 9.59 Å². The number of carbonyl (C=O) groups excluding carboxylic acids is 3. The summed E-state index contributed by atoms with van der Waals surface area (Å²) in [5, 5.41) is 2.89. The Morgan fingerprint density at radius 1 is 1.03 bits per heavy atom. The van der Waals surface area contributed by atoms with E-state index in [0.717, 1.165) is 22.6 Å². The Hall–Kier alpha value is -3.58. The minimum Gasteiger partial charge on any atom is -0.465 e. The van der Waals surface area contributed by atoms with Gasteiger partial charge in [0.25, 0.3) is 5.91 Å². The Labute approximate surface area is 196 Å². The van der Waals surface area contributed by atoms with Crippen molar-refractivity contribution in [2.75, 3.05) is 29.6 Å². The predicted molar refractivity (Wildman–Crippen MR) is 130 cm³/mol. The van der Waals surface area contributed by atoms with Gasteiger partial charge < -0.3 is 15.0 Å². The molecule has 3 aromatic carbocycles. The first-order chi connectivity index (χ1) is 16.0. The van der Waals surface area contributed by atoms with Crippen LogP contribution in [0.4, 0.5) is 11.4 Å². The molecule has 168 valence electrons. The average Bonchev–Trinajstić information content (AvgIpc) is 3.28. The van der Waals surface area contributed by atoms with E-state index in [4.69, 9.17) is 4.74 Å². The van der Waals surface area contributed by atoms with Gasteiger partial charge in [0.1, 0.15) is 0 Å². The summed E-state index contributed by atoms with van der Waals surface area (Å²) in [6.45, 7) is 2.53. The minimum absolute atomic E-state index is 0.0155. The first-order valence-corrected chi connectivity index (χ1v) is 11.6. The Kier molecular flexibility index (Phi) is 6.79. The van der Waals surface area contributed by atoms with Gasteiger partial charge in [0.2, 0.25) is 5.91 Å². The Bertz CT molecular complexity index is 1220. The first kappa shape index (κ1) is 22.6. The van der Waals surface area contributed by atoms with Crippen LogP contribution in [0.5, 0.6) is 0 Å². The largest absolute Gasteiger partial charge is 0.465 e. The highest BCUT2D eigenvalue weighted by Crippen LogP contribution is 2.30. The lowest BCUT2D eigenvalue weighted by Crippen LogP contribution is -2.30. The van der Waals surface area contributed by atoms with E-state index in [1.165, 1.54) is 24.4 Å². The van der Waals surface area contributed by atoms with Crippen LogP contribution in [0.15, 0.2) is 71.6 Å². The average molecular weight is 461 g/mol. The van der Waals surface area contributed by atoms with E-state index in [2.05, 4.69) is 5.32 Å². The summed E-state index contributed by atoms with van der Waals surface area (Å²) in [7, 11) is 1.32. The number of thioether (sulfide) groups is 1. The van der Waals surface area contributed by atoms with Crippen molar-refractivity contribution in [3.8, 4) is 0 Å². The van der Waals surface area contributed by atoms with Crippen LogP contribution in [0.2, 0.25) is 0 Å². The molecule has 1 N–H and O–H groups in total. The maximum Gasteiger partial charge on any atom is 0.337 e. The summed E-state index contributed by atoms with van der Waals surface area (Å²) in [6, 6.07) is 20.2. The van der Waals surface area contributed by atoms with E-state index in [1.807, 2.05) is 48.2 Å². The molecule has 0 unspecified atom stereocenters. The van der Waals surface area contributed by atoms with E-state index in [9.17, 15) is 14.4 Å². The molecule has 7 heteroatoms. The molecule has 0 saturated carbocycles. The molecule has 33 heavy (non-hydrogen) atoms. The van der Waals surface area contributed by atoms with Gasteiger partial charge in [-0.25, -0.2) is 4.79 Å². The van der Waals surface area contributed by atoms with Crippen LogP contribution in [-0.4, -0.2) is 37.2 Å². The van der Waals surface area contributed by atoms with Crippen LogP contribution in [0.1, 0.15) is 31.8 Å². The zero-order valence-corrected chi connectivity index (χ0v) is 19.3. The summed E-state index contributed by atoms with van der Waals surface area (Å²) in [6.07, 6.45) is 0.857. The number of benzene rings is 3. The maximum atomic E-state index is 13.1. The molecule has 0 aliphatic carbocycles. The number of aryl methyl sites for hydroxylation is 1. The highest BCUT2D eigenvalue weighted by Gasteiger charge is 2.24. The van der Waals surface area contributed by atoms with Gasteiger partial charge in [-0.05, 0) is 54.8 Å². The van der Waals surface area contributed by atoms with Crippen LogP contribution in [0, 0.1) is 6.92 Å². The van der Waals surface area contributed by atoms with Crippen molar-refractivity contribution in [2.45, 2.75) is 18.2 Å². The highest BCUT2D eigenvalue weighted by molar-refractivity contribution is 8.00. The summed E-state index contributed by atoms with van der Waals surface area (Å²) in [4.78, 5) is 40.3. The van der Waals surface area contributed by atoms with Gasteiger partial charge in [0.15, 0.2) is 0 Å². The zero-order valence-electron chi connectivity index (χ0n) is 18.5. The number of nitrogens with zero attached hydrogens (tertiary/aromatic N) is 1. The van der Waals surface area contributed by atoms with Crippen molar-refractivity contribution < 1.29 is 19.1 Å². The van der Waals surface area contributed by atoms with Gasteiger partial charge >= 0.3 is 5.97 Å². The van der Waals surface area contributed by atoms with Crippen molar-refractivity contribution in [1.82, 2.24) is 0 Å². The van der Waals surface area contributed by atoms with E-state index in [-0.39, 0.29) is 17.6 Å². The number of methoxy groups -OCH3 is 1. The second-order valence-electron chi connectivity index (χ2n) is 7.68. The molecule has 1 aliphatic rings. The normalized spacial score (nSPS) is 12.2. The molecule has 3 aromatic rings. The number of ether oxygens (including phenoxy) is 1. The fraction of sp³-hybridized carbons (Fsp3) is 0.192. The molecule has 0 atom stereocenters. The number of carbonyl (C=O) groups is 3. The standard InChI is InChI=1S/C26H24N2O4S/c1-17-11-12-19(26(31)32-2)15-21(17)27-25(30)20-8-4-6-10-23(20)33-16-24(29)28-14-13-18-7-3-5-9-22(18)28/h3-12,15H,13-14,16H2,1-2H3,(H,27,30). The number of amides is 2. The van der Waals surface area contributed by atoms with Gasteiger partial charge in [0, 0.05) is 22.8 Å². The summed E-state index contributed by atoms with van der Waals surface area (Å²) in [5.74, 6) is -0.525. The van der Waals surface area contributed by atoms with E-state index >= 15 is 0 Å². The van der Waals surface area contributed by atoms with Crippen LogP contribution < -0.4 is 10.2 Å². The van der Waals surface area contributed by atoms with E-state index in [0.29, 0.717) is 23.4 Å². The molecule has 0 bridgehead atoms. The fourth-order valence-electron chi connectivity index (χ4n) is 3.79. The topological polar surface area (TPSA) is 75.7 Å². The molecule has 0 fully saturated rings. The SMILES string of the molecule is COC(=O)c1ccc(C)c(NC(=O)c2ccccc2SCC(=O)N2CCc3ccccc32)c1. The zero-order chi connectivity index (χ0) is 23.4. The van der Waals surface area contributed by atoms with Gasteiger partial charge in [-0.2, -0.15) is 0 Å². The first-order valence-electron chi connectivity index (χ1n) is 10.6. The Morgan fingerprint density at radius 3 is 2.61 bits per heavy atom. The van der Waals surface area contributed by atoms with Crippen molar-refractivity contribution in [3.05, 3.63) is 89.0 Å². The molecular formula is C26H24N2O4S. The number of rotatable bonds is 6. The Balaban J connectivity index is 1.47. The molecule has 0 aromatic heterocycles. The maximum absolute atomic E-state index is 13.1. The number of nitrogens with one attached hydrogen (secondary N) is 1. The molecule has 0 saturated heterocycles. The number of esters is 1. The lowest BCUT2D eigenvalue weighted by molar-refractivity contribution is -0.116. The van der Waals surface area contributed by atoms with E-state index in [1.54, 1.807) is 30.3 Å². The minimum atomic E-state index is -0.469. The molecule has 2 amide bonds. The van der Waals surface area contributed by atoms with Crippen LogP contribution in [0.3, 0.4) is 0 Å². The van der Waals surface area contributed by atoms with Gasteiger partial charge in [0.05, 0.1) is 24.0 Å².